The summed E-state index contributed by atoms with van der Waals surface area (Å²) in [6.45, 7) is 6.29. The van der Waals surface area contributed by atoms with Gasteiger partial charge < -0.3 is 4.90 Å². The van der Waals surface area contributed by atoms with Crippen LogP contribution in [0.2, 0.25) is 0 Å². The minimum absolute atomic E-state index is 0.0417. The van der Waals surface area contributed by atoms with Gasteiger partial charge in [-0.05, 0) is 50.5 Å². The zero-order chi connectivity index (χ0) is 21.7. The van der Waals surface area contributed by atoms with E-state index in [0.717, 1.165) is 21.5 Å². The summed E-state index contributed by atoms with van der Waals surface area (Å²) >= 11 is 1.65. The Bertz CT molecular complexity index is 1140. The van der Waals surface area contributed by atoms with E-state index >= 15 is 0 Å². The first kappa shape index (κ1) is 21.5. The monoisotopic (exact) mass is 420 g/mol. The fourth-order valence-corrected chi connectivity index (χ4v) is 4.10. The van der Waals surface area contributed by atoms with Crippen molar-refractivity contribution >= 4 is 17.2 Å². The van der Waals surface area contributed by atoms with Crippen LogP contribution in [0.5, 0.6) is 0 Å². The van der Waals surface area contributed by atoms with Crippen molar-refractivity contribution in [3.63, 3.8) is 0 Å². The Morgan fingerprint density at radius 3 is 2.53 bits per heavy atom. The van der Waals surface area contributed by atoms with Crippen molar-refractivity contribution in [3.8, 4) is 6.07 Å². The van der Waals surface area contributed by atoms with Gasteiger partial charge in [0.25, 0.3) is 5.56 Å². The molecule has 2 aromatic heterocycles. The molecule has 0 bridgehead atoms. The van der Waals surface area contributed by atoms with Crippen molar-refractivity contribution in [3.05, 3.63) is 85.0 Å². The number of aryl methyl sites for hydroxylation is 2. The second-order valence-corrected chi connectivity index (χ2v) is 8.60. The van der Waals surface area contributed by atoms with Gasteiger partial charge in [-0.3, -0.25) is 9.59 Å². The molecule has 6 nitrogen and oxygen atoms in total. The van der Waals surface area contributed by atoms with Crippen LogP contribution in [0.3, 0.4) is 0 Å². The molecule has 0 atom stereocenters. The van der Waals surface area contributed by atoms with Gasteiger partial charge in [-0.1, -0.05) is 30.3 Å². The van der Waals surface area contributed by atoms with Crippen LogP contribution in [-0.2, 0) is 24.3 Å². The topological polar surface area (TPSA) is 79.0 Å². The standard InChI is InChI=1S/C23H24N4O2S/c1-16-9-10-20(30-16)14-26(12-11-19-7-5-4-6-8-19)22(28)15-27-23(29)21(13-24)17(2)18(3)25-27/h4-10H,11-12,14-15H2,1-3H3. The average molecular weight is 421 g/mol. The molecule has 0 radical (unpaired) electrons. The Morgan fingerprint density at radius 1 is 1.17 bits per heavy atom. The van der Waals surface area contributed by atoms with E-state index < -0.39 is 5.56 Å². The molecule has 0 aliphatic rings. The smallest absolute Gasteiger partial charge is 0.285 e. The van der Waals surface area contributed by atoms with Gasteiger partial charge in [0.1, 0.15) is 18.2 Å². The maximum absolute atomic E-state index is 13.1. The zero-order valence-electron chi connectivity index (χ0n) is 17.4. The molecule has 0 unspecified atom stereocenters. The molecule has 0 spiro atoms. The summed E-state index contributed by atoms with van der Waals surface area (Å²) in [7, 11) is 0. The zero-order valence-corrected chi connectivity index (χ0v) is 18.2. The quantitative estimate of drug-likeness (QED) is 0.587. The summed E-state index contributed by atoms with van der Waals surface area (Å²) < 4.78 is 1.11. The fraction of sp³-hybridized carbons (Fsp3) is 0.304. The van der Waals surface area contributed by atoms with Crippen LogP contribution in [0.1, 0.15) is 32.1 Å². The lowest BCUT2D eigenvalue weighted by atomic mass is 10.1. The van der Waals surface area contributed by atoms with Gasteiger partial charge >= 0.3 is 0 Å². The van der Waals surface area contributed by atoms with Gasteiger partial charge in [-0.25, -0.2) is 4.68 Å². The first-order valence-corrected chi connectivity index (χ1v) is 10.6. The molecular formula is C23H24N4O2S. The molecule has 1 amide bonds. The highest BCUT2D eigenvalue weighted by Crippen LogP contribution is 2.18. The molecular weight excluding hydrogens is 396 g/mol. The van der Waals surface area contributed by atoms with E-state index in [1.165, 1.54) is 4.88 Å². The second kappa shape index (κ2) is 9.51. The molecule has 30 heavy (non-hydrogen) atoms. The number of hydrogen-bond acceptors (Lipinski definition) is 5. The van der Waals surface area contributed by atoms with Crippen molar-refractivity contribution in [1.29, 1.82) is 5.26 Å². The summed E-state index contributed by atoms with van der Waals surface area (Å²) in [6, 6.07) is 16.0. The SMILES string of the molecule is Cc1ccc(CN(CCc2ccccc2)C(=O)Cn2nc(C)c(C)c(C#N)c2=O)s1. The van der Waals surface area contributed by atoms with Crippen LogP contribution in [0.4, 0.5) is 0 Å². The van der Waals surface area contributed by atoms with Gasteiger partial charge in [-0.2, -0.15) is 10.4 Å². The lowest BCUT2D eigenvalue weighted by molar-refractivity contribution is -0.132. The summed E-state index contributed by atoms with van der Waals surface area (Å²) in [5, 5.41) is 13.6. The maximum atomic E-state index is 13.1. The Labute approximate surface area is 180 Å². The molecule has 0 N–H and O–H groups in total. The highest BCUT2D eigenvalue weighted by Gasteiger charge is 2.19. The number of aromatic nitrogens is 2. The Hall–Kier alpha value is -3.24. The van der Waals surface area contributed by atoms with Crippen LogP contribution in [0.25, 0.3) is 0 Å². The van der Waals surface area contributed by atoms with Crippen molar-refractivity contribution in [1.82, 2.24) is 14.7 Å². The highest BCUT2D eigenvalue weighted by atomic mass is 32.1. The minimum Gasteiger partial charge on any atom is -0.336 e. The third kappa shape index (κ3) is 5.02. The largest absolute Gasteiger partial charge is 0.336 e. The van der Waals surface area contributed by atoms with Crippen LogP contribution in [-0.4, -0.2) is 27.1 Å². The predicted octanol–water partition coefficient (Wildman–Crippen LogP) is 3.37. The van der Waals surface area contributed by atoms with E-state index in [1.807, 2.05) is 55.5 Å². The molecule has 0 fully saturated rings. The molecule has 0 saturated carbocycles. The fourth-order valence-electron chi connectivity index (χ4n) is 3.20. The van der Waals surface area contributed by atoms with Crippen molar-refractivity contribution < 1.29 is 4.79 Å². The number of hydrogen-bond donors (Lipinski definition) is 0. The van der Waals surface area contributed by atoms with E-state index in [2.05, 4.69) is 5.10 Å². The number of amides is 1. The number of nitrogens with zero attached hydrogens (tertiary/aromatic N) is 4. The van der Waals surface area contributed by atoms with Crippen LogP contribution >= 0.6 is 11.3 Å². The summed E-state index contributed by atoms with van der Waals surface area (Å²) in [5.74, 6) is -0.196. The summed E-state index contributed by atoms with van der Waals surface area (Å²) in [4.78, 5) is 29.8. The van der Waals surface area contributed by atoms with Crippen LogP contribution in [0.15, 0.2) is 47.3 Å². The number of carbonyl (C=O) groups excluding carboxylic acids is 1. The number of thiophene rings is 1. The lowest BCUT2D eigenvalue weighted by Crippen LogP contribution is -2.39. The number of rotatable bonds is 7. The van der Waals surface area contributed by atoms with Gasteiger partial charge in [0.05, 0.1) is 12.2 Å². The molecule has 7 heteroatoms. The van der Waals surface area contributed by atoms with Crippen molar-refractivity contribution in [2.45, 2.75) is 40.3 Å². The first-order chi connectivity index (χ1) is 14.4. The number of carbonyl (C=O) groups is 1. The first-order valence-electron chi connectivity index (χ1n) is 9.74. The molecule has 3 rings (SSSR count). The third-order valence-corrected chi connectivity index (χ3v) is 6.03. The number of benzene rings is 1. The molecule has 2 heterocycles. The Balaban J connectivity index is 1.83. The molecule has 0 aliphatic heterocycles. The average Bonchev–Trinajstić information content (AvgIpc) is 3.15. The lowest BCUT2D eigenvalue weighted by Gasteiger charge is -2.23. The Kier molecular flexibility index (Phi) is 6.80. The molecule has 3 aromatic rings. The number of nitriles is 1. The minimum atomic E-state index is -0.524. The molecule has 154 valence electrons. The van der Waals surface area contributed by atoms with Crippen LogP contribution < -0.4 is 5.56 Å². The van der Waals surface area contributed by atoms with Crippen LogP contribution in [0, 0.1) is 32.1 Å². The second-order valence-electron chi connectivity index (χ2n) is 7.22. The third-order valence-electron chi connectivity index (χ3n) is 5.04. The summed E-state index contributed by atoms with van der Waals surface area (Å²) in [5.41, 5.74) is 1.79. The van der Waals surface area contributed by atoms with Gasteiger partial charge in [0.15, 0.2) is 0 Å². The summed E-state index contributed by atoms with van der Waals surface area (Å²) in [6.07, 6.45) is 0.718. The Morgan fingerprint density at radius 2 is 1.90 bits per heavy atom. The van der Waals surface area contributed by atoms with Gasteiger partial charge in [0, 0.05) is 16.3 Å². The molecule has 1 aromatic carbocycles. The predicted molar refractivity (Wildman–Crippen MR) is 117 cm³/mol. The normalized spacial score (nSPS) is 10.6. The maximum Gasteiger partial charge on any atom is 0.285 e. The van der Waals surface area contributed by atoms with E-state index in [4.69, 9.17) is 0 Å². The van der Waals surface area contributed by atoms with Crippen molar-refractivity contribution in [2.24, 2.45) is 0 Å². The highest BCUT2D eigenvalue weighted by molar-refractivity contribution is 7.11. The van der Waals surface area contributed by atoms with E-state index in [0.29, 0.717) is 24.3 Å². The van der Waals surface area contributed by atoms with E-state index in [9.17, 15) is 14.9 Å². The van der Waals surface area contributed by atoms with Gasteiger partial charge in [0.2, 0.25) is 5.91 Å². The molecule has 0 saturated heterocycles. The van der Waals surface area contributed by atoms with E-state index in [1.54, 1.807) is 30.1 Å². The molecule has 0 aliphatic carbocycles. The van der Waals surface area contributed by atoms with Crippen molar-refractivity contribution in [2.75, 3.05) is 6.54 Å². The van der Waals surface area contributed by atoms with Gasteiger partial charge in [-0.15, -0.1) is 11.3 Å². The van der Waals surface area contributed by atoms with E-state index in [-0.39, 0.29) is 18.0 Å².